The van der Waals surface area contributed by atoms with Crippen LogP contribution in [-0.2, 0) is 10.3 Å². The monoisotopic (exact) mass is 250 g/mol. The zero-order chi connectivity index (χ0) is 13.4. The largest absolute Gasteiger partial charge is 0.394 e. The van der Waals surface area contributed by atoms with Gasteiger partial charge in [0.1, 0.15) is 0 Å². The van der Waals surface area contributed by atoms with E-state index in [0.29, 0.717) is 13.0 Å². The molecule has 100 valence electrons. The maximum Gasteiger partial charge on any atom is 0.219 e. The molecule has 0 aliphatic rings. The van der Waals surface area contributed by atoms with Gasteiger partial charge in [-0.3, -0.25) is 4.79 Å². The molecule has 0 aromatic heterocycles. The number of hydrogen-bond donors (Lipinski definition) is 3. The van der Waals surface area contributed by atoms with Crippen LogP contribution in [0.3, 0.4) is 0 Å². The van der Waals surface area contributed by atoms with Gasteiger partial charge in [-0.2, -0.15) is 0 Å². The molecule has 0 aliphatic carbocycles. The van der Waals surface area contributed by atoms with E-state index in [1.807, 2.05) is 37.3 Å². The van der Waals surface area contributed by atoms with Crippen molar-refractivity contribution in [3.05, 3.63) is 35.9 Å². The predicted molar refractivity (Wildman–Crippen MR) is 72.2 cm³/mol. The summed E-state index contributed by atoms with van der Waals surface area (Å²) in [6, 6.07) is 9.84. The molecule has 0 spiro atoms. The molecule has 0 fully saturated rings. The molecule has 1 atom stereocenters. The van der Waals surface area contributed by atoms with Crippen molar-refractivity contribution in [3.8, 4) is 0 Å². The zero-order valence-electron chi connectivity index (χ0n) is 11.1. The topological polar surface area (TPSA) is 61.4 Å². The average Bonchev–Trinajstić information content (AvgIpc) is 2.44. The van der Waals surface area contributed by atoms with Crippen LogP contribution < -0.4 is 10.6 Å². The fourth-order valence-electron chi connectivity index (χ4n) is 1.79. The lowest BCUT2D eigenvalue weighted by Gasteiger charge is -2.29. The van der Waals surface area contributed by atoms with Crippen molar-refractivity contribution in [2.75, 3.05) is 20.2 Å². The summed E-state index contributed by atoms with van der Waals surface area (Å²) in [5, 5.41) is 15.5. The molecule has 4 nitrogen and oxygen atoms in total. The van der Waals surface area contributed by atoms with Crippen molar-refractivity contribution in [3.63, 3.8) is 0 Å². The standard InChI is InChI=1S/C14H22N2O2/c1-14(11-17,12-7-4-3-5-8-12)16-10-6-9-13(18)15-2/h3-5,7-8,16-17H,6,9-11H2,1-2H3,(H,15,18). The zero-order valence-corrected chi connectivity index (χ0v) is 11.1. The van der Waals surface area contributed by atoms with E-state index in [2.05, 4.69) is 10.6 Å². The number of aliphatic hydroxyl groups excluding tert-OH is 1. The smallest absolute Gasteiger partial charge is 0.219 e. The van der Waals surface area contributed by atoms with Crippen molar-refractivity contribution >= 4 is 5.91 Å². The molecule has 4 heteroatoms. The summed E-state index contributed by atoms with van der Waals surface area (Å²) < 4.78 is 0. The van der Waals surface area contributed by atoms with Gasteiger partial charge in [-0.25, -0.2) is 0 Å². The first kappa shape index (κ1) is 14.7. The highest BCUT2D eigenvalue weighted by molar-refractivity contribution is 5.75. The van der Waals surface area contributed by atoms with Gasteiger partial charge in [0.05, 0.1) is 12.1 Å². The van der Waals surface area contributed by atoms with Gasteiger partial charge in [-0.15, -0.1) is 0 Å². The van der Waals surface area contributed by atoms with Crippen LogP contribution in [0.5, 0.6) is 0 Å². The minimum atomic E-state index is -0.454. The van der Waals surface area contributed by atoms with Crippen molar-refractivity contribution < 1.29 is 9.90 Å². The number of aliphatic hydroxyl groups is 1. The number of nitrogens with one attached hydrogen (secondary N) is 2. The van der Waals surface area contributed by atoms with E-state index in [-0.39, 0.29) is 12.5 Å². The Labute approximate surface area is 108 Å². The van der Waals surface area contributed by atoms with Crippen molar-refractivity contribution in [1.82, 2.24) is 10.6 Å². The van der Waals surface area contributed by atoms with Gasteiger partial charge in [0.2, 0.25) is 5.91 Å². The lowest BCUT2D eigenvalue weighted by molar-refractivity contribution is -0.120. The van der Waals surface area contributed by atoms with Crippen LogP contribution in [0.4, 0.5) is 0 Å². The molecule has 3 N–H and O–H groups in total. The number of hydrogen-bond acceptors (Lipinski definition) is 3. The Hall–Kier alpha value is -1.39. The highest BCUT2D eigenvalue weighted by atomic mass is 16.3. The molecule has 0 saturated heterocycles. The number of carbonyl (C=O) groups is 1. The third kappa shape index (κ3) is 4.13. The van der Waals surface area contributed by atoms with Gasteiger partial charge < -0.3 is 15.7 Å². The van der Waals surface area contributed by atoms with Crippen molar-refractivity contribution in [2.24, 2.45) is 0 Å². The predicted octanol–water partition coefficient (Wildman–Crippen LogP) is 1.01. The summed E-state index contributed by atoms with van der Waals surface area (Å²) >= 11 is 0. The summed E-state index contributed by atoms with van der Waals surface area (Å²) in [4.78, 5) is 11.1. The minimum absolute atomic E-state index is 0.0248. The van der Waals surface area contributed by atoms with E-state index in [9.17, 15) is 9.90 Å². The molecular weight excluding hydrogens is 228 g/mol. The molecule has 0 saturated carbocycles. The van der Waals surface area contributed by atoms with Gasteiger partial charge in [-0.05, 0) is 25.5 Å². The molecule has 0 radical (unpaired) electrons. The van der Waals surface area contributed by atoms with Crippen molar-refractivity contribution in [1.29, 1.82) is 0 Å². The second-order valence-corrected chi connectivity index (χ2v) is 4.56. The van der Waals surface area contributed by atoms with Gasteiger partial charge in [0.25, 0.3) is 0 Å². The van der Waals surface area contributed by atoms with Gasteiger partial charge in [-0.1, -0.05) is 30.3 Å². The van der Waals surface area contributed by atoms with E-state index in [1.54, 1.807) is 7.05 Å². The quantitative estimate of drug-likeness (QED) is 0.633. The van der Waals surface area contributed by atoms with Crippen LogP contribution >= 0.6 is 0 Å². The third-order valence-corrected chi connectivity index (χ3v) is 3.10. The number of amides is 1. The Kier molecular flexibility index (Phi) is 5.82. The molecule has 0 aliphatic heterocycles. The highest BCUT2D eigenvalue weighted by Crippen LogP contribution is 2.19. The molecule has 0 bridgehead atoms. The number of carbonyl (C=O) groups excluding carboxylic acids is 1. The number of rotatable bonds is 7. The lowest BCUT2D eigenvalue weighted by Crippen LogP contribution is -2.43. The van der Waals surface area contributed by atoms with Crippen LogP contribution in [-0.4, -0.2) is 31.2 Å². The highest BCUT2D eigenvalue weighted by Gasteiger charge is 2.24. The van der Waals surface area contributed by atoms with Gasteiger partial charge in [0, 0.05) is 13.5 Å². The molecule has 1 unspecified atom stereocenters. The maximum atomic E-state index is 11.1. The first-order chi connectivity index (χ1) is 8.62. The van der Waals surface area contributed by atoms with E-state index >= 15 is 0 Å². The third-order valence-electron chi connectivity index (χ3n) is 3.10. The van der Waals surface area contributed by atoms with Gasteiger partial charge >= 0.3 is 0 Å². The summed E-state index contributed by atoms with van der Waals surface area (Å²) in [6.45, 7) is 2.68. The second kappa shape index (κ2) is 7.13. The average molecular weight is 250 g/mol. The second-order valence-electron chi connectivity index (χ2n) is 4.56. The van der Waals surface area contributed by atoms with E-state index < -0.39 is 5.54 Å². The number of benzene rings is 1. The lowest BCUT2D eigenvalue weighted by atomic mass is 9.93. The summed E-state index contributed by atoms with van der Waals surface area (Å²) in [6.07, 6.45) is 1.25. The Bertz CT molecular complexity index is 367. The molecule has 0 heterocycles. The fraction of sp³-hybridized carbons (Fsp3) is 0.500. The Morgan fingerprint density at radius 2 is 2.00 bits per heavy atom. The molecular formula is C14H22N2O2. The molecule has 1 aromatic rings. The molecule has 1 amide bonds. The molecule has 1 aromatic carbocycles. The van der Waals surface area contributed by atoms with Crippen LogP contribution in [0.25, 0.3) is 0 Å². The van der Waals surface area contributed by atoms with E-state index in [1.165, 1.54) is 0 Å². The summed E-state index contributed by atoms with van der Waals surface area (Å²) in [5.74, 6) is 0.0437. The minimum Gasteiger partial charge on any atom is -0.394 e. The van der Waals surface area contributed by atoms with Crippen molar-refractivity contribution in [2.45, 2.75) is 25.3 Å². The molecule has 1 rings (SSSR count). The van der Waals surface area contributed by atoms with Gasteiger partial charge in [0.15, 0.2) is 0 Å². The van der Waals surface area contributed by atoms with Crippen LogP contribution in [0.2, 0.25) is 0 Å². The SMILES string of the molecule is CNC(=O)CCCNC(C)(CO)c1ccccc1. The Morgan fingerprint density at radius 1 is 1.33 bits per heavy atom. The Morgan fingerprint density at radius 3 is 2.56 bits per heavy atom. The summed E-state index contributed by atoms with van der Waals surface area (Å²) in [5.41, 5.74) is 0.594. The maximum absolute atomic E-state index is 11.1. The van der Waals surface area contributed by atoms with E-state index in [0.717, 1.165) is 12.0 Å². The van der Waals surface area contributed by atoms with E-state index in [4.69, 9.17) is 0 Å². The first-order valence-electron chi connectivity index (χ1n) is 6.24. The Balaban J connectivity index is 2.49. The first-order valence-corrected chi connectivity index (χ1v) is 6.24. The molecule has 18 heavy (non-hydrogen) atoms. The summed E-state index contributed by atoms with van der Waals surface area (Å²) in [7, 11) is 1.64. The van der Waals surface area contributed by atoms with Crippen LogP contribution in [0, 0.1) is 0 Å². The van der Waals surface area contributed by atoms with Crippen LogP contribution in [0.1, 0.15) is 25.3 Å². The van der Waals surface area contributed by atoms with Crippen LogP contribution in [0.15, 0.2) is 30.3 Å². The fourth-order valence-corrected chi connectivity index (χ4v) is 1.79. The normalized spacial score (nSPS) is 13.9.